The van der Waals surface area contributed by atoms with E-state index in [0.717, 1.165) is 0 Å². The Kier molecular flexibility index (Phi) is 5.22. The molecule has 0 aromatic carbocycles. The second-order valence-electron chi connectivity index (χ2n) is 3.62. The van der Waals surface area contributed by atoms with Gasteiger partial charge < -0.3 is 20.7 Å². The summed E-state index contributed by atoms with van der Waals surface area (Å²) in [6.45, 7) is 1.25. The Bertz CT molecular complexity index is 370. The number of carbonyl (C=O) groups is 1. The van der Waals surface area contributed by atoms with Crippen LogP contribution in [0.5, 0.6) is 0 Å². The van der Waals surface area contributed by atoms with Gasteiger partial charge in [0, 0.05) is 20.7 Å². The number of hydrogen-bond donors (Lipinski definition) is 2. The van der Waals surface area contributed by atoms with Gasteiger partial charge in [-0.05, 0) is 12.1 Å². The van der Waals surface area contributed by atoms with Gasteiger partial charge in [0.15, 0.2) is 0 Å². The topological polar surface area (TPSA) is 80.5 Å². The highest BCUT2D eigenvalue weighted by Gasteiger charge is 2.07. The Morgan fingerprint density at radius 2 is 2.35 bits per heavy atom. The third kappa shape index (κ3) is 4.69. The van der Waals surface area contributed by atoms with E-state index in [1.165, 1.54) is 0 Å². The van der Waals surface area contributed by atoms with Crippen LogP contribution in [0.3, 0.4) is 0 Å². The number of methoxy groups -OCH3 is 1. The van der Waals surface area contributed by atoms with Gasteiger partial charge in [-0.25, -0.2) is 4.98 Å². The molecule has 0 saturated carbocycles. The Morgan fingerprint density at radius 1 is 1.59 bits per heavy atom. The maximum atomic E-state index is 11.5. The first-order valence-electron chi connectivity index (χ1n) is 5.33. The summed E-state index contributed by atoms with van der Waals surface area (Å²) >= 11 is 0. The number of hydrogen-bond acceptors (Lipinski definition) is 5. The normalized spacial score (nSPS) is 10.0. The van der Waals surface area contributed by atoms with E-state index in [1.807, 2.05) is 0 Å². The van der Waals surface area contributed by atoms with E-state index >= 15 is 0 Å². The molecule has 0 spiro atoms. The molecule has 0 unspecified atom stereocenters. The number of rotatable bonds is 6. The van der Waals surface area contributed by atoms with Crippen molar-refractivity contribution in [2.75, 3.05) is 44.5 Å². The molecule has 0 aliphatic carbocycles. The second kappa shape index (κ2) is 6.70. The van der Waals surface area contributed by atoms with E-state index in [4.69, 9.17) is 10.5 Å². The summed E-state index contributed by atoms with van der Waals surface area (Å²) in [5.41, 5.74) is 5.57. The number of nitrogens with two attached hydrogens (primary N) is 1. The number of nitrogens with one attached hydrogen (secondary N) is 1. The van der Waals surface area contributed by atoms with Crippen molar-refractivity contribution in [1.82, 2.24) is 10.3 Å². The van der Waals surface area contributed by atoms with Crippen molar-refractivity contribution in [3.8, 4) is 0 Å². The highest BCUT2D eigenvalue weighted by Crippen LogP contribution is 2.09. The molecule has 0 aliphatic rings. The van der Waals surface area contributed by atoms with E-state index < -0.39 is 0 Å². The van der Waals surface area contributed by atoms with Crippen molar-refractivity contribution in [3.05, 3.63) is 18.2 Å². The predicted molar refractivity (Wildman–Crippen MR) is 66.8 cm³/mol. The summed E-state index contributed by atoms with van der Waals surface area (Å²) in [5, 5.41) is 2.73. The minimum Gasteiger partial charge on any atom is -0.384 e. The molecule has 1 aromatic rings. The van der Waals surface area contributed by atoms with Gasteiger partial charge in [0.2, 0.25) is 5.91 Å². The molecule has 1 amide bonds. The Labute approximate surface area is 101 Å². The maximum absolute atomic E-state index is 11.5. The van der Waals surface area contributed by atoms with E-state index in [0.29, 0.717) is 24.8 Å². The number of nitrogen functional groups attached to an aromatic ring is 1. The summed E-state index contributed by atoms with van der Waals surface area (Å²) in [7, 11) is 3.38. The monoisotopic (exact) mass is 238 g/mol. The molecule has 0 aliphatic heterocycles. The summed E-state index contributed by atoms with van der Waals surface area (Å²) in [4.78, 5) is 17.4. The average Bonchev–Trinajstić information content (AvgIpc) is 2.29. The first-order chi connectivity index (χ1) is 8.13. The van der Waals surface area contributed by atoms with Crippen molar-refractivity contribution < 1.29 is 9.53 Å². The van der Waals surface area contributed by atoms with Crippen LogP contribution in [-0.4, -0.2) is 44.7 Å². The molecule has 1 aromatic heterocycles. The first kappa shape index (κ1) is 13.2. The van der Waals surface area contributed by atoms with Crippen LogP contribution in [0.25, 0.3) is 0 Å². The molecule has 0 saturated heterocycles. The van der Waals surface area contributed by atoms with Crippen LogP contribution < -0.4 is 16.0 Å². The molecule has 6 nitrogen and oxygen atoms in total. The van der Waals surface area contributed by atoms with E-state index in [-0.39, 0.29) is 12.5 Å². The van der Waals surface area contributed by atoms with E-state index in [2.05, 4.69) is 10.3 Å². The zero-order valence-corrected chi connectivity index (χ0v) is 10.1. The van der Waals surface area contributed by atoms with Crippen molar-refractivity contribution in [3.63, 3.8) is 0 Å². The lowest BCUT2D eigenvalue weighted by atomic mass is 10.4. The Morgan fingerprint density at radius 3 is 3.00 bits per heavy atom. The number of amides is 1. The average molecular weight is 238 g/mol. The third-order valence-corrected chi connectivity index (χ3v) is 2.16. The van der Waals surface area contributed by atoms with Gasteiger partial charge in [-0.3, -0.25) is 4.79 Å². The van der Waals surface area contributed by atoms with Gasteiger partial charge in [-0.15, -0.1) is 0 Å². The second-order valence-corrected chi connectivity index (χ2v) is 3.62. The Balaban J connectivity index is 2.43. The number of pyridine rings is 1. The van der Waals surface area contributed by atoms with Gasteiger partial charge in [0.1, 0.15) is 11.6 Å². The number of carbonyl (C=O) groups excluding carboxylic acids is 1. The molecule has 1 heterocycles. The van der Waals surface area contributed by atoms with Gasteiger partial charge in [-0.2, -0.15) is 0 Å². The van der Waals surface area contributed by atoms with Crippen molar-refractivity contribution in [1.29, 1.82) is 0 Å². The van der Waals surface area contributed by atoms with Crippen molar-refractivity contribution in [2.45, 2.75) is 0 Å². The number of nitrogens with zero attached hydrogens (tertiary/aromatic N) is 2. The zero-order chi connectivity index (χ0) is 12.7. The molecule has 0 bridgehead atoms. The zero-order valence-electron chi connectivity index (χ0n) is 10.1. The molecule has 94 valence electrons. The fraction of sp³-hybridized carbons (Fsp3) is 0.455. The van der Waals surface area contributed by atoms with Crippen LogP contribution in [0.2, 0.25) is 0 Å². The molecule has 1 rings (SSSR count). The summed E-state index contributed by atoms with van der Waals surface area (Å²) in [5.74, 6) is 1.04. The van der Waals surface area contributed by atoms with Crippen LogP contribution in [0, 0.1) is 0 Å². The number of anilines is 2. The first-order valence-corrected chi connectivity index (χ1v) is 5.33. The largest absolute Gasteiger partial charge is 0.384 e. The smallest absolute Gasteiger partial charge is 0.239 e. The molecular weight excluding hydrogens is 220 g/mol. The van der Waals surface area contributed by atoms with Crippen molar-refractivity contribution in [2.24, 2.45) is 0 Å². The lowest BCUT2D eigenvalue weighted by molar-refractivity contribution is -0.119. The summed E-state index contributed by atoms with van der Waals surface area (Å²) < 4.78 is 4.84. The molecule has 0 radical (unpaired) electrons. The van der Waals surface area contributed by atoms with Crippen molar-refractivity contribution >= 4 is 17.5 Å². The van der Waals surface area contributed by atoms with Gasteiger partial charge in [0.25, 0.3) is 0 Å². The fourth-order valence-electron chi connectivity index (χ4n) is 1.30. The SMILES string of the molecule is COCCNC(=O)CN(C)c1cccc(N)n1. The molecule has 0 fully saturated rings. The van der Waals surface area contributed by atoms with Crippen LogP contribution in [-0.2, 0) is 9.53 Å². The van der Waals surface area contributed by atoms with Crippen LogP contribution in [0.15, 0.2) is 18.2 Å². The number of aromatic nitrogens is 1. The number of ether oxygens (including phenoxy) is 1. The molecule has 3 N–H and O–H groups in total. The van der Waals surface area contributed by atoms with E-state index in [1.54, 1.807) is 37.3 Å². The van der Waals surface area contributed by atoms with Gasteiger partial charge in [0.05, 0.1) is 13.2 Å². The number of likely N-dealkylation sites (N-methyl/N-ethyl adjacent to an activating group) is 1. The minimum absolute atomic E-state index is 0.0752. The Hall–Kier alpha value is -1.82. The minimum atomic E-state index is -0.0752. The molecule has 17 heavy (non-hydrogen) atoms. The van der Waals surface area contributed by atoms with E-state index in [9.17, 15) is 4.79 Å². The summed E-state index contributed by atoms with van der Waals surface area (Å²) in [6.07, 6.45) is 0. The molecular formula is C11H18N4O2. The van der Waals surface area contributed by atoms with Gasteiger partial charge in [-0.1, -0.05) is 6.07 Å². The predicted octanol–water partition coefficient (Wildman–Crippen LogP) is -0.137. The van der Waals surface area contributed by atoms with Gasteiger partial charge >= 0.3 is 0 Å². The third-order valence-electron chi connectivity index (χ3n) is 2.16. The van der Waals surface area contributed by atoms with Crippen LogP contribution in [0.1, 0.15) is 0 Å². The lowest BCUT2D eigenvalue weighted by Crippen LogP contribution is -2.37. The standard InChI is InChI=1S/C11H18N4O2/c1-15(8-11(16)13-6-7-17-2)10-5-3-4-9(12)14-10/h3-5H,6-8H2,1-2H3,(H2,12,14)(H,13,16). The van der Waals surface area contributed by atoms with Crippen LogP contribution >= 0.6 is 0 Å². The molecule has 6 heteroatoms. The lowest BCUT2D eigenvalue weighted by Gasteiger charge is -2.17. The quantitative estimate of drug-likeness (QED) is 0.674. The fourth-order valence-corrected chi connectivity index (χ4v) is 1.30. The maximum Gasteiger partial charge on any atom is 0.239 e. The van der Waals surface area contributed by atoms with Crippen LogP contribution in [0.4, 0.5) is 11.6 Å². The molecule has 0 atom stereocenters. The summed E-state index contributed by atoms with van der Waals surface area (Å²) in [6, 6.07) is 5.31. The highest BCUT2D eigenvalue weighted by molar-refractivity contribution is 5.80. The highest BCUT2D eigenvalue weighted by atomic mass is 16.5.